The van der Waals surface area contributed by atoms with Gasteiger partial charge >= 0.3 is 0 Å². The van der Waals surface area contributed by atoms with Crippen LogP contribution in [0.3, 0.4) is 0 Å². The summed E-state index contributed by atoms with van der Waals surface area (Å²) in [5.74, 6) is 1.84. The molecular formula is C29H43NO3. The number of likely N-dealkylation sites (tertiary alicyclic amines) is 1. The van der Waals surface area contributed by atoms with Crippen molar-refractivity contribution in [3.05, 3.63) is 59.7 Å². The lowest BCUT2D eigenvalue weighted by Crippen LogP contribution is -2.43. The van der Waals surface area contributed by atoms with Crippen LogP contribution in [0.1, 0.15) is 69.4 Å². The number of aliphatic hydroxyl groups is 1. The Morgan fingerprint density at radius 3 is 2.42 bits per heavy atom. The monoisotopic (exact) mass is 453 g/mol. The number of unbranched alkanes of at least 4 members (excludes halogenated alkanes) is 6. The molecule has 0 aliphatic carbocycles. The third kappa shape index (κ3) is 8.68. The highest BCUT2D eigenvalue weighted by Gasteiger charge is 2.28. The van der Waals surface area contributed by atoms with E-state index in [0.717, 1.165) is 57.0 Å². The molecule has 4 heteroatoms. The van der Waals surface area contributed by atoms with E-state index in [0.29, 0.717) is 0 Å². The minimum Gasteiger partial charge on any atom is -0.493 e. The molecule has 2 unspecified atom stereocenters. The van der Waals surface area contributed by atoms with Gasteiger partial charge in [0.2, 0.25) is 0 Å². The summed E-state index contributed by atoms with van der Waals surface area (Å²) in [4.78, 5) is 2.46. The zero-order chi connectivity index (χ0) is 23.3. The summed E-state index contributed by atoms with van der Waals surface area (Å²) >= 11 is 0. The zero-order valence-corrected chi connectivity index (χ0v) is 20.7. The van der Waals surface area contributed by atoms with Crippen LogP contribution in [-0.4, -0.2) is 42.9 Å². The molecule has 2 aromatic carbocycles. The van der Waals surface area contributed by atoms with E-state index in [2.05, 4.69) is 54.3 Å². The van der Waals surface area contributed by atoms with Crippen LogP contribution < -0.4 is 9.47 Å². The minimum atomic E-state index is -0.253. The molecule has 2 aromatic rings. The first-order valence-corrected chi connectivity index (χ1v) is 12.9. The number of hydrogen-bond acceptors (Lipinski definition) is 4. The molecule has 1 fully saturated rings. The smallest absolute Gasteiger partial charge is 0.161 e. The van der Waals surface area contributed by atoms with Gasteiger partial charge in [0.15, 0.2) is 11.5 Å². The van der Waals surface area contributed by atoms with Crippen molar-refractivity contribution in [3.63, 3.8) is 0 Å². The van der Waals surface area contributed by atoms with Crippen molar-refractivity contribution in [2.45, 2.75) is 77.4 Å². The van der Waals surface area contributed by atoms with Gasteiger partial charge in [0.25, 0.3) is 0 Å². The second kappa shape index (κ2) is 14.3. The maximum absolute atomic E-state index is 10.6. The van der Waals surface area contributed by atoms with E-state index in [1.807, 2.05) is 6.07 Å². The predicted molar refractivity (Wildman–Crippen MR) is 136 cm³/mol. The fourth-order valence-corrected chi connectivity index (χ4v) is 4.78. The van der Waals surface area contributed by atoms with Gasteiger partial charge in [-0.15, -0.1) is 0 Å². The molecule has 0 radical (unpaired) electrons. The van der Waals surface area contributed by atoms with E-state index in [-0.39, 0.29) is 12.0 Å². The lowest BCUT2D eigenvalue weighted by Gasteiger charge is -2.36. The van der Waals surface area contributed by atoms with E-state index in [1.54, 1.807) is 7.11 Å². The van der Waals surface area contributed by atoms with Crippen molar-refractivity contribution in [1.82, 2.24) is 4.90 Å². The van der Waals surface area contributed by atoms with E-state index in [9.17, 15) is 5.11 Å². The van der Waals surface area contributed by atoms with Gasteiger partial charge in [0, 0.05) is 25.6 Å². The van der Waals surface area contributed by atoms with E-state index < -0.39 is 0 Å². The van der Waals surface area contributed by atoms with Gasteiger partial charge in [0.05, 0.1) is 19.8 Å². The molecule has 182 valence electrons. The molecule has 0 amide bonds. The van der Waals surface area contributed by atoms with E-state index in [1.165, 1.54) is 49.7 Å². The van der Waals surface area contributed by atoms with E-state index in [4.69, 9.17) is 9.47 Å². The van der Waals surface area contributed by atoms with Crippen LogP contribution in [0.5, 0.6) is 11.5 Å². The zero-order valence-electron chi connectivity index (χ0n) is 20.7. The molecule has 2 atom stereocenters. The van der Waals surface area contributed by atoms with Crippen LogP contribution in [0.25, 0.3) is 0 Å². The Morgan fingerprint density at radius 2 is 1.67 bits per heavy atom. The van der Waals surface area contributed by atoms with Crippen molar-refractivity contribution in [3.8, 4) is 11.5 Å². The number of aliphatic hydroxyl groups excluding tert-OH is 1. The SMILES string of the molecule is CCCCCCCCCOc1ccc(CC2CN(Cc3ccccc3)CCC2O)cc1OC. The third-order valence-corrected chi connectivity index (χ3v) is 6.76. The van der Waals surface area contributed by atoms with Crippen LogP contribution in [0.15, 0.2) is 48.5 Å². The topological polar surface area (TPSA) is 41.9 Å². The molecule has 1 saturated heterocycles. The van der Waals surface area contributed by atoms with Crippen molar-refractivity contribution in [2.24, 2.45) is 5.92 Å². The summed E-state index contributed by atoms with van der Waals surface area (Å²) in [6, 6.07) is 16.8. The van der Waals surface area contributed by atoms with Gasteiger partial charge in [-0.25, -0.2) is 0 Å². The van der Waals surface area contributed by atoms with Gasteiger partial charge < -0.3 is 14.6 Å². The second-order valence-electron chi connectivity index (χ2n) is 9.50. The summed E-state index contributed by atoms with van der Waals surface area (Å²) in [6.07, 6.45) is 10.4. The fraction of sp³-hybridized carbons (Fsp3) is 0.586. The Labute approximate surface area is 200 Å². The summed E-state index contributed by atoms with van der Waals surface area (Å²) in [5, 5.41) is 10.6. The van der Waals surface area contributed by atoms with Gasteiger partial charge in [-0.3, -0.25) is 4.90 Å². The standard InChI is InChI=1S/C29H43NO3/c1-3-4-5-6-7-8-12-19-33-28-16-15-25(21-29(28)32-2)20-26-23-30(18-17-27(26)31)22-24-13-10-9-11-14-24/h9-11,13-16,21,26-27,31H,3-8,12,17-20,22-23H2,1-2H3. The molecule has 0 bridgehead atoms. The highest BCUT2D eigenvalue weighted by Crippen LogP contribution is 2.31. The van der Waals surface area contributed by atoms with Gasteiger partial charge in [-0.05, 0) is 42.5 Å². The number of nitrogens with zero attached hydrogens (tertiary/aromatic N) is 1. The lowest BCUT2D eigenvalue weighted by molar-refractivity contribution is 0.0239. The molecule has 1 heterocycles. The molecule has 33 heavy (non-hydrogen) atoms. The average Bonchev–Trinajstić information content (AvgIpc) is 2.84. The Balaban J connectivity index is 1.47. The van der Waals surface area contributed by atoms with Crippen molar-refractivity contribution >= 4 is 0 Å². The quantitative estimate of drug-likeness (QED) is 0.343. The maximum atomic E-state index is 10.6. The Bertz CT molecular complexity index is 795. The molecule has 0 spiro atoms. The lowest BCUT2D eigenvalue weighted by atomic mass is 9.88. The second-order valence-corrected chi connectivity index (χ2v) is 9.50. The van der Waals surface area contributed by atoms with Crippen LogP contribution >= 0.6 is 0 Å². The van der Waals surface area contributed by atoms with Crippen molar-refractivity contribution in [1.29, 1.82) is 0 Å². The Kier molecular flexibility index (Phi) is 11.1. The number of benzene rings is 2. The number of piperidine rings is 1. The normalized spacial score (nSPS) is 18.9. The molecule has 1 aliphatic rings. The molecule has 1 aliphatic heterocycles. The highest BCUT2D eigenvalue weighted by atomic mass is 16.5. The highest BCUT2D eigenvalue weighted by molar-refractivity contribution is 5.43. The average molecular weight is 454 g/mol. The first-order chi connectivity index (χ1) is 16.2. The number of ether oxygens (including phenoxy) is 2. The molecule has 1 N–H and O–H groups in total. The summed E-state index contributed by atoms with van der Waals surface area (Å²) in [7, 11) is 1.71. The summed E-state index contributed by atoms with van der Waals surface area (Å²) < 4.78 is 11.6. The fourth-order valence-electron chi connectivity index (χ4n) is 4.78. The largest absolute Gasteiger partial charge is 0.493 e. The molecular weight excluding hydrogens is 410 g/mol. The first-order valence-electron chi connectivity index (χ1n) is 12.9. The molecule has 0 saturated carbocycles. The summed E-state index contributed by atoms with van der Waals surface area (Å²) in [6.45, 7) is 5.79. The molecule has 4 nitrogen and oxygen atoms in total. The van der Waals surface area contributed by atoms with Crippen molar-refractivity contribution in [2.75, 3.05) is 26.8 Å². The first kappa shape index (κ1) is 25.6. The third-order valence-electron chi connectivity index (χ3n) is 6.76. The number of rotatable bonds is 14. The van der Waals surface area contributed by atoms with E-state index >= 15 is 0 Å². The van der Waals surface area contributed by atoms with Crippen molar-refractivity contribution < 1.29 is 14.6 Å². The maximum Gasteiger partial charge on any atom is 0.161 e. The van der Waals surface area contributed by atoms with Crippen LogP contribution in [0, 0.1) is 5.92 Å². The predicted octanol–water partition coefficient (Wildman–Crippen LogP) is 6.25. The molecule has 3 rings (SSSR count). The van der Waals surface area contributed by atoms with Gasteiger partial charge in [-0.2, -0.15) is 0 Å². The minimum absolute atomic E-state index is 0.228. The van der Waals surface area contributed by atoms with Crippen LogP contribution in [-0.2, 0) is 13.0 Å². The Hall–Kier alpha value is -2.04. The number of methoxy groups -OCH3 is 1. The van der Waals surface area contributed by atoms with Crippen LogP contribution in [0.4, 0.5) is 0 Å². The van der Waals surface area contributed by atoms with Gasteiger partial charge in [0.1, 0.15) is 0 Å². The molecule has 0 aromatic heterocycles. The summed E-state index contributed by atoms with van der Waals surface area (Å²) in [5.41, 5.74) is 2.53. The number of hydrogen-bond donors (Lipinski definition) is 1. The van der Waals surface area contributed by atoms with Crippen LogP contribution in [0.2, 0.25) is 0 Å². The van der Waals surface area contributed by atoms with Gasteiger partial charge in [-0.1, -0.05) is 81.8 Å². The Morgan fingerprint density at radius 1 is 0.909 bits per heavy atom.